The summed E-state index contributed by atoms with van der Waals surface area (Å²) >= 11 is 0. The lowest BCUT2D eigenvalue weighted by Crippen LogP contribution is -2.38. The van der Waals surface area contributed by atoms with Crippen molar-refractivity contribution < 1.29 is 9.59 Å². The van der Waals surface area contributed by atoms with Crippen molar-refractivity contribution in [3.63, 3.8) is 0 Å². The first kappa shape index (κ1) is 18.0. The number of nitrogens with zero attached hydrogens (tertiary/aromatic N) is 1. The summed E-state index contributed by atoms with van der Waals surface area (Å²) in [6.07, 6.45) is 0.851. The molecular formula is C21H25N3O2. The number of carbonyl (C=O) groups is 2. The number of rotatable bonds is 3. The maximum absolute atomic E-state index is 12.2. The van der Waals surface area contributed by atoms with Crippen molar-refractivity contribution in [1.82, 2.24) is 4.90 Å². The van der Waals surface area contributed by atoms with Crippen molar-refractivity contribution in [2.24, 2.45) is 5.92 Å². The van der Waals surface area contributed by atoms with E-state index in [0.29, 0.717) is 6.54 Å². The Balaban J connectivity index is 1.68. The van der Waals surface area contributed by atoms with Gasteiger partial charge in [0.1, 0.15) is 0 Å². The fourth-order valence-electron chi connectivity index (χ4n) is 3.20. The Morgan fingerprint density at radius 3 is 2.42 bits per heavy atom. The first-order valence-corrected chi connectivity index (χ1v) is 8.97. The number of benzene rings is 2. The highest BCUT2D eigenvalue weighted by molar-refractivity contribution is 5.99. The third kappa shape index (κ3) is 4.23. The van der Waals surface area contributed by atoms with E-state index in [9.17, 15) is 9.59 Å². The summed E-state index contributed by atoms with van der Waals surface area (Å²) in [6, 6.07) is 13.3. The van der Waals surface area contributed by atoms with Crippen LogP contribution in [0.5, 0.6) is 0 Å². The Hall–Kier alpha value is -2.82. The van der Waals surface area contributed by atoms with Crippen LogP contribution in [0.2, 0.25) is 0 Å². The van der Waals surface area contributed by atoms with Gasteiger partial charge in [0.25, 0.3) is 0 Å². The van der Waals surface area contributed by atoms with Crippen LogP contribution in [0.1, 0.15) is 30.5 Å². The minimum atomic E-state index is -0.276. The van der Waals surface area contributed by atoms with Crippen LogP contribution in [0.4, 0.5) is 16.2 Å². The van der Waals surface area contributed by atoms with Crippen LogP contribution in [0.3, 0.4) is 0 Å². The Labute approximate surface area is 154 Å². The molecule has 0 spiro atoms. The maximum Gasteiger partial charge on any atom is 0.323 e. The monoisotopic (exact) mass is 351 g/mol. The highest BCUT2D eigenvalue weighted by Crippen LogP contribution is 2.24. The number of carbonyl (C=O) groups excluding carboxylic acids is 2. The lowest BCUT2D eigenvalue weighted by molar-refractivity contribution is -0.135. The molecule has 5 heteroatoms. The topological polar surface area (TPSA) is 61.4 Å². The van der Waals surface area contributed by atoms with Gasteiger partial charge in [0, 0.05) is 30.4 Å². The molecule has 0 aromatic heterocycles. The molecule has 0 atom stereocenters. The van der Waals surface area contributed by atoms with Crippen LogP contribution >= 0.6 is 0 Å². The second-order valence-electron chi connectivity index (χ2n) is 7.10. The molecule has 3 rings (SSSR count). The van der Waals surface area contributed by atoms with E-state index < -0.39 is 0 Å². The molecular weight excluding hydrogens is 326 g/mol. The smallest absolute Gasteiger partial charge is 0.323 e. The van der Waals surface area contributed by atoms with E-state index in [4.69, 9.17) is 0 Å². The number of fused-ring (bicyclic) bond motifs is 1. The molecule has 0 aliphatic carbocycles. The van der Waals surface area contributed by atoms with Crippen molar-refractivity contribution >= 4 is 23.3 Å². The summed E-state index contributed by atoms with van der Waals surface area (Å²) < 4.78 is 0. The average molecular weight is 351 g/mol. The zero-order valence-electron chi connectivity index (χ0n) is 15.5. The Morgan fingerprint density at radius 1 is 1.00 bits per heavy atom. The van der Waals surface area contributed by atoms with E-state index >= 15 is 0 Å². The second-order valence-corrected chi connectivity index (χ2v) is 7.10. The fourth-order valence-corrected chi connectivity index (χ4v) is 3.20. The molecule has 136 valence electrons. The van der Waals surface area contributed by atoms with E-state index in [0.717, 1.165) is 35.5 Å². The van der Waals surface area contributed by atoms with Crippen molar-refractivity contribution in [2.45, 2.75) is 33.7 Å². The van der Waals surface area contributed by atoms with E-state index in [2.05, 4.69) is 10.6 Å². The molecule has 0 radical (unpaired) electrons. The van der Waals surface area contributed by atoms with Gasteiger partial charge in [0.2, 0.25) is 5.91 Å². The average Bonchev–Trinajstić information content (AvgIpc) is 2.60. The quantitative estimate of drug-likeness (QED) is 0.871. The predicted molar refractivity (Wildman–Crippen MR) is 104 cm³/mol. The number of aryl methyl sites for hydroxylation is 1. The molecule has 0 saturated carbocycles. The summed E-state index contributed by atoms with van der Waals surface area (Å²) in [5.74, 6) is 0.171. The second kappa shape index (κ2) is 7.60. The van der Waals surface area contributed by atoms with Gasteiger partial charge >= 0.3 is 6.03 Å². The Bertz CT molecular complexity index is 830. The van der Waals surface area contributed by atoms with Gasteiger partial charge in [-0.05, 0) is 54.3 Å². The molecule has 0 saturated heterocycles. The first-order chi connectivity index (χ1) is 12.4. The van der Waals surface area contributed by atoms with Gasteiger partial charge in [-0.15, -0.1) is 0 Å². The Morgan fingerprint density at radius 2 is 1.73 bits per heavy atom. The van der Waals surface area contributed by atoms with Crippen LogP contribution < -0.4 is 10.6 Å². The van der Waals surface area contributed by atoms with E-state index in [1.807, 2.05) is 68.1 Å². The number of anilines is 2. The summed E-state index contributed by atoms with van der Waals surface area (Å²) in [6.45, 7) is 7.18. The lowest BCUT2D eigenvalue weighted by atomic mass is 9.98. The minimum Gasteiger partial charge on any atom is -0.338 e. The van der Waals surface area contributed by atoms with Crippen LogP contribution in [-0.2, 0) is 17.8 Å². The van der Waals surface area contributed by atoms with Gasteiger partial charge in [0.15, 0.2) is 0 Å². The SMILES string of the molecule is Cc1cccc(NC(=O)Nc2ccc3c(c2)CN(C(=O)C(C)C)CC3)c1. The van der Waals surface area contributed by atoms with Gasteiger partial charge in [-0.3, -0.25) is 4.79 Å². The molecule has 0 bridgehead atoms. The lowest BCUT2D eigenvalue weighted by Gasteiger charge is -2.30. The molecule has 1 heterocycles. The largest absolute Gasteiger partial charge is 0.338 e. The Kier molecular flexibility index (Phi) is 5.26. The highest BCUT2D eigenvalue weighted by Gasteiger charge is 2.22. The number of amides is 3. The number of hydrogen-bond acceptors (Lipinski definition) is 2. The fraction of sp³-hybridized carbons (Fsp3) is 0.333. The maximum atomic E-state index is 12.2. The first-order valence-electron chi connectivity index (χ1n) is 8.97. The summed E-state index contributed by atoms with van der Waals surface area (Å²) in [4.78, 5) is 26.4. The van der Waals surface area contributed by atoms with Crippen molar-refractivity contribution in [1.29, 1.82) is 0 Å². The van der Waals surface area contributed by atoms with Crippen LogP contribution in [-0.4, -0.2) is 23.4 Å². The number of nitrogens with one attached hydrogen (secondary N) is 2. The molecule has 1 aliphatic rings. The minimum absolute atomic E-state index is 0.00188. The van der Waals surface area contributed by atoms with E-state index in [-0.39, 0.29) is 17.9 Å². The van der Waals surface area contributed by atoms with E-state index in [1.54, 1.807) is 0 Å². The third-order valence-electron chi connectivity index (χ3n) is 4.56. The van der Waals surface area contributed by atoms with Crippen molar-refractivity contribution in [2.75, 3.05) is 17.2 Å². The molecule has 0 unspecified atom stereocenters. The predicted octanol–water partition coefficient (Wildman–Crippen LogP) is 4.18. The molecule has 1 aliphatic heterocycles. The zero-order chi connectivity index (χ0) is 18.7. The van der Waals surface area contributed by atoms with Gasteiger partial charge in [-0.25, -0.2) is 4.79 Å². The van der Waals surface area contributed by atoms with Gasteiger partial charge in [-0.2, -0.15) is 0 Å². The van der Waals surface area contributed by atoms with E-state index in [1.165, 1.54) is 5.56 Å². The van der Waals surface area contributed by atoms with Crippen molar-refractivity contribution in [3.8, 4) is 0 Å². The molecule has 2 N–H and O–H groups in total. The molecule has 3 amide bonds. The molecule has 26 heavy (non-hydrogen) atoms. The van der Waals surface area contributed by atoms with Crippen LogP contribution in [0.25, 0.3) is 0 Å². The zero-order valence-corrected chi connectivity index (χ0v) is 15.5. The molecule has 5 nitrogen and oxygen atoms in total. The third-order valence-corrected chi connectivity index (χ3v) is 4.56. The normalized spacial score (nSPS) is 13.3. The van der Waals surface area contributed by atoms with Crippen LogP contribution in [0, 0.1) is 12.8 Å². The summed E-state index contributed by atoms with van der Waals surface area (Å²) in [5.41, 5.74) is 4.91. The standard InChI is InChI=1S/C21H25N3O2/c1-14(2)20(25)24-10-9-16-7-8-19(12-17(16)13-24)23-21(26)22-18-6-4-5-15(3)11-18/h4-8,11-12,14H,9-10,13H2,1-3H3,(H2,22,23,26). The number of hydrogen-bond donors (Lipinski definition) is 2. The van der Waals surface area contributed by atoms with Crippen LogP contribution in [0.15, 0.2) is 42.5 Å². The molecule has 0 fully saturated rings. The van der Waals surface area contributed by atoms with Gasteiger partial charge < -0.3 is 15.5 Å². The van der Waals surface area contributed by atoms with Gasteiger partial charge in [0.05, 0.1) is 0 Å². The molecule has 2 aromatic carbocycles. The highest BCUT2D eigenvalue weighted by atomic mass is 16.2. The van der Waals surface area contributed by atoms with Crippen molar-refractivity contribution in [3.05, 3.63) is 59.2 Å². The molecule has 2 aromatic rings. The summed E-state index contributed by atoms with van der Waals surface area (Å²) in [7, 11) is 0. The number of urea groups is 1. The summed E-state index contributed by atoms with van der Waals surface area (Å²) in [5, 5.41) is 5.71. The van der Waals surface area contributed by atoms with Gasteiger partial charge in [-0.1, -0.05) is 32.0 Å².